The first-order valence-electron chi connectivity index (χ1n) is 2.83. The molecule has 0 aromatic rings. The van der Waals surface area contributed by atoms with Crippen LogP contribution in [-0.2, 0) is 9.47 Å². The highest BCUT2D eigenvalue weighted by molar-refractivity contribution is 4.75. The molecule has 0 bridgehead atoms. The fraction of sp³-hybridized carbons (Fsp3) is 1.00. The summed E-state index contributed by atoms with van der Waals surface area (Å²) < 4.78 is 8.72. The zero-order chi connectivity index (χ0) is 6.91. The third-order valence-corrected chi connectivity index (χ3v) is 1.03. The van der Waals surface area contributed by atoms with Crippen molar-refractivity contribution in [2.24, 2.45) is 0 Å². The highest BCUT2D eigenvalue weighted by atomic mass is 16.9. The number of hydrogen-bond donors (Lipinski definition) is 2. The molecule has 0 aromatic carbocycles. The molecule has 2 aliphatic heterocycles. The van der Waals surface area contributed by atoms with Gasteiger partial charge in [0.05, 0.1) is 13.2 Å². The highest BCUT2D eigenvalue weighted by Crippen LogP contribution is 2.28. The van der Waals surface area contributed by atoms with Crippen molar-refractivity contribution in [1.29, 1.82) is 0 Å². The fourth-order valence-electron chi connectivity index (χ4n) is 0.226. The predicted molar refractivity (Wildman–Crippen MR) is 28.5 cm³/mol. The predicted octanol–water partition coefficient (Wildman–Crippen LogP) is -0.940. The minimum absolute atomic E-state index is 0.391. The van der Waals surface area contributed by atoms with Gasteiger partial charge < -0.3 is 19.7 Å². The third-order valence-electron chi connectivity index (χ3n) is 1.03. The van der Waals surface area contributed by atoms with Gasteiger partial charge in [-0.3, -0.25) is 0 Å². The molecule has 2 fully saturated rings. The van der Waals surface area contributed by atoms with Gasteiger partial charge in [-0.25, -0.2) is 0 Å². The number of epoxide rings is 2. The van der Waals surface area contributed by atoms with Crippen LogP contribution in [-0.4, -0.2) is 35.5 Å². The van der Waals surface area contributed by atoms with Crippen molar-refractivity contribution in [3.05, 3.63) is 0 Å². The van der Waals surface area contributed by atoms with Crippen LogP contribution in [0, 0.1) is 0 Å². The lowest BCUT2D eigenvalue weighted by atomic mass is 10.5. The van der Waals surface area contributed by atoms with E-state index in [2.05, 4.69) is 9.47 Å². The molecule has 2 aliphatic rings. The van der Waals surface area contributed by atoms with Crippen molar-refractivity contribution >= 4 is 0 Å². The van der Waals surface area contributed by atoms with E-state index in [1.54, 1.807) is 6.92 Å². The summed E-state index contributed by atoms with van der Waals surface area (Å²) in [6, 6.07) is 0. The molecule has 0 amide bonds. The molecule has 4 nitrogen and oxygen atoms in total. The Balaban J connectivity index is 0.000000112. The molecular weight excluding hydrogens is 124 g/mol. The summed E-state index contributed by atoms with van der Waals surface area (Å²) in [5, 5.41) is 16.5. The van der Waals surface area contributed by atoms with Crippen LogP contribution in [0.1, 0.15) is 6.92 Å². The molecule has 2 rings (SSSR count). The van der Waals surface area contributed by atoms with Gasteiger partial charge >= 0.3 is 5.97 Å². The Labute approximate surface area is 53.0 Å². The minimum atomic E-state index is -1.79. The van der Waals surface area contributed by atoms with E-state index in [0.29, 0.717) is 0 Å². The van der Waals surface area contributed by atoms with Crippen LogP contribution in [0.2, 0.25) is 0 Å². The molecule has 4 heteroatoms. The van der Waals surface area contributed by atoms with Gasteiger partial charge in [0.1, 0.15) is 6.10 Å². The maximum atomic E-state index is 8.23. The summed E-state index contributed by atoms with van der Waals surface area (Å²) in [4.78, 5) is 0. The number of rotatable bonds is 0. The molecular formula is C5H10O4. The molecule has 0 radical (unpaired) electrons. The largest absolute Gasteiger partial charge is 0.377 e. The normalized spacial score (nSPS) is 34.3. The molecule has 2 heterocycles. The van der Waals surface area contributed by atoms with Crippen LogP contribution < -0.4 is 0 Å². The molecule has 1 unspecified atom stereocenters. The smallest absolute Gasteiger partial charge is 0.306 e. The van der Waals surface area contributed by atoms with E-state index >= 15 is 0 Å². The topological polar surface area (TPSA) is 65.5 Å². The second-order valence-corrected chi connectivity index (χ2v) is 2.03. The zero-order valence-corrected chi connectivity index (χ0v) is 5.20. The lowest BCUT2D eigenvalue weighted by molar-refractivity contribution is -0.150. The van der Waals surface area contributed by atoms with E-state index in [1.165, 1.54) is 0 Å². The minimum Gasteiger partial charge on any atom is -0.377 e. The summed E-state index contributed by atoms with van der Waals surface area (Å²) in [5.74, 6) is -1.79. The summed E-state index contributed by atoms with van der Waals surface area (Å²) in [5.41, 5.74) is 0. The molecule has 9 heavy (non-hydrogen) atoms. The van der Waals surface area contributed by atoms with E-state index < -0.39 is 12.1 Å². The summed E-state index contributed by atoms with van der Waals surface area (Å²) in [6.45, 7) is 3.58. The van der Waals surface area contributed by atoms with Crippen LogP contribution in [0.4, 0.5) is 0 Å². The first kappa shape index (κ1) is 6.95. The van der Waals surface area contributed by atoms with Gasteiger partial charge in [-0.1, -0.05) is 0 Å². The molecule has 54 valence electrons. The van der Waals surface area contributed by atoms with Gasteiger partial charge in [0.2, 0.25) is 0 Å². The summed E-state index contributed by atoms with van der Waals surface area (Å²) >= 11 is 0. The van der Waals surface area contributed by atoms with Crippen LogP contribution in [0.25, 0.3) is 0 Å². The Hall–Kier alpha value is -0.160. The van der Waals surface area contributed by atoms with E-state index in [1.807, 2.05) is 0 Å². The molecule has 2 N–H and O–H groups in total. The summed E-state index contributed by atoms with van der Waals surface area (Å²) in [6.07, 6.45) is -0.391. The van der Waals surface area contributed by atoms with E-state index in [0.717, 1.165) is 13.2 Å². The summed E-state index contributed by atoms with van der Waals surface area (Å²) in [7, 11) is 0. The number of ether oxygens (including phenoxy) is 2. The Kier molecular flexibility index (Phi) is 1.72. The van der Waals surface area contributed by atoms with E-state index in [-0.39, 0.29) is 0 Å². The first-order chi connectivity index (χ1) is 4.13. The molecule has 1 atom stereocenters. The fourth-order valence-corrected chi connectivity index (χ4v) is 0.226. The standard InChI is InChI=1S/C3H6O3.C2H4O/c1-2-3(4,5)6-2;1-2-3-1/h2,4-5H,1H3;1-2H2. The van der Waals surface area contributed by atoms with Crippen molar-refractivity contribution in [2.75, 3.05) is 13.2 Å². The Bertz CT molecular complexity index is 96.4. The molecule has 0 spiro atoms. The second kappa shape index (κ2) is 2.22. The molecule has 0 saturated carbocycles. The second-order valence-electron chi connectivity index (χ2n) is 2.03. The van der Waals surface area contributed by atoms with Crippen molar-refractivity contribution in [2.45, 2.75) is 19.0 Å². The van der Waals surface area contributed by atoms with Gasteiger partial charge in [-0.15, -0.1) is 0 Å². The van der Waals surface area contributed by atoms with E-state index in [4.69, 9.17) is 10.2 Å². The lowest BCUT2D eigenvalue weighted by Gasteiger charge is -1.84. The van der Waals surface area contributed by atoms with Gasteiger partial charge in [-0.2, -0.15) is 0 Å². The lowest BCUT2D eigenvalue weighted by Crippen LogP contribution is -2.08. The maximum Gasteiger partial charge on any atom is 0.306 e. The van der Waals surface area contributed by atoms with Crippen LogP contribution in [0.15, 0.2) is 0 Å². The van der Waals surface area contributed by atoms with Crippen molar-refractivity contribution in [3.8, 4) is 0 Å². The molecule has 2 saturated heterocycles. The van der Waals surface area contributed by atoms with Crippen molar-refractivity contribution in [3.63, 3.8) is 0 Å². The van der Waals surface area contributed by atoms with Gasteiger partial charge in [-0.05, 0) is 6.92 Å². The first-order valence-corrected chi connectivity index (χ1v) is 2.83. The Morgan fingerprint density at radius 2 is 1.67 bits per heavy atom. The van der Waals surface area contributed by atoms with Crippen molar-refractivity contribution in [1.82, 2.24) is 0 Å². The number of aliphatic hydroxyl groups is 2. The van der Waals surface area contributed by atoms with Crippen LogP contribution in [0.5, 0.6) is 0 Å². The number of hydrogen-bond acceptors (Lipinski definition) is 4. The van der Waals surface area contributed by atoms with Gasteiger partial charge in [0.15, 0.2) is 0 Å². The van der Waals surface area contributed by atoms with Crippen LogP contribution in [0.3, 0.4) is 0 Å². The average Bonchev–Trinajstić information content (AvgIpc) is 2.47. The Morgan fingerprint density at radius 1 is 1.44 bits per heavy atom. The Morgan fingerprint density at radius 3 is 1.67 bits per heavy atom. The van der Waals surface area contributed by atoms with E-state index in [9.17, 15) is 0 Å². The zero-order valence-electron chi connectivity index (χ0n) is 5.20. The third kappa shape index (κ3) is 2.76. The monoisotopic (exact) mass is 134 g/mol. The highest BCUT2D eigenvalue weighted by Gasteiger charge is 2.50. The van der Waals surface area contributed by atoms with Crippen molar-refractivity contribution < 1.29 is 19.7 Å². The maximum absolute atomic E-state index is 8.23. The SMILES string of the molecule is C1CO1.CC1OC1(O)O. The average molecular weight is 134 g/mol. The van der Waals surface area contributed by atoms with Gasteiger partial charge in [0.25, 0.3) is 0 Å². The molecule has 0 aromatic heterocycles. The quantitative estimate of drug-likeness (QED) is 0.331. The molecule has 0 aliphatic carbocycles. The van der Waals surface area contributed by atoms with Gasteiger partial charge in [0, 0.05) is 0 Å². The van der Waals surface area contributed by atoms with Crippen LogP contribution >= 0.6 is 0 Å².